The molecule has 0 bridgehead atoms. The van der Waals surface area contributed by atoms with E-state index in [0.29, 0.717) is 6.42 Å². The highest BCUT2D eigenvalue weighted by molar-refractivity contribution is 5.80. The van der Waals surface area contributed by atoms with Gasteiger partial charge in [-0.3, -0.25) is 9.79 Å². The number of nitrogens with zero attached hydrogens (tertiary/aromatic N) is 3. The molecular formula is C23H30N4O. The van der Waals surface area contributed by atoms with Gasteiger partial charge in [0.05, 0.1) is 0 Å². The first-order valence-electron chi connectivity index (χ1n) is 9.89. The fourth-order valence-corrected chi connectivity index (χ4v) is 3.61. The zero-order valence-electron chi connectivity index (χ0n) is 17.1. The van der Waals surface area contributed by atoms with Crippen LogP contribution in [-0.4, -0.2) is 42.3 Å². The van der Waals surface area contributed by atoms with E-state index in [1.807, 2.05) is 24.1 Å². The second kappa shape index (κ2) is 9.40. The van der Waals surface area contributed by atoms with E-state index in [2.05, 4.69) is 58.5 Å². The van der Waals surface area contributed by atoms with E-state index >= 15 is 0 Å². The summed E-state index contributed by atoms with van der Waals surface area (Å²) in [5.41, 5.74) is 5.11. The van der Waals surface area contributed by atoms with Crippen LogP contribution in [0.1, 0.15) is 35.1 Å². The monoisotopic (exact) mass is 378 g/mol. The lowest BCUT2D eigenvalue weighted by Gasteiger charge is -2.23. The zero-order chi connectivity index (χ0) is 19.9. The molecule has 5 nitrogen and oxygen atoms in total. The Morgan fingerprint density at radius 1 is 1.11 bits per heavy atom. The SMILES string of the molecule is CN=C(NCCCC(=O)N1Cc2ccccc2C1)N(C)Cc1ccccc1C. The minimum absolute atomic E-state index is 0.223. The number of aliphatic imine (C=N–C) groups is 1. The van der Waals surface area contributed by atoms with Gasteiger partial charge in [0.1, 0.15) is 0 Å². The highest BCUT2D eigenvalue weighted by Crippen LogP contribution is 2.22. The molecule has 0 fully saturated rings. The highest BCUT2D eigenvalue weighted by atomic mass is 16.2. The highest BCUT2D eigenvalue weighted by Gasteiger charge is 2.22. The number of hydrogen-bond acceptors (Lipinski definition) is 2. The fourth-order valence-electron chi connectivity index (χ4n) is 3.61. The molecule has 2 aromatic carbocycles. The van der Waals surface area contributed by atoms with Gasteiger partial charge in [-0.2, -0.15) is 0 Å². The predicted molar refractivity (Wildman–Crippen MR) is 114 cm³/mol. The van der Waals surface area contributed by atoms with Crippen molar-refractivity contribution in [3.05, 3.63) is 70.8 Å². The Labute approximate surface area is 168 Å². The molecule has 0 spiro atoms. The second-order valence-electron chi connectivity index (χ2n) is 7.38. The minimum Gasteiger partial charge on any atom is -0.356 e. The number of benzene rings is 2. The van der Waals surface area contributed by atoms with Crippen LogP contribution < -0.4 is 5.32 Å². The third kappa shape index (κ3) is 4.91. The molecule has 0 saturated carbocycles. The molecule has 0 unspecified atom stereocenters. The number of carbonyl (C=O) groups is 1. The summed E-state index contributed by atoms with van der Waals surface area (Å²) >= 11 is 0. The average Bonchev–Trinajstić information content (AvgIpc) is 3.14. The zero-order valence-corrected chi connectivity index (χ0v) is 17.1. The maximum Gasteiger partial charge on any atom is 0.223 e. The summed E-state index contributed by atoms with van der Waals surface area (Å²) in [5.74, 6) is 1.07. The van der Waals surface area contributed by atoms with E-state index in [-0.39, 0.29) is 5.91 Å². The number of fused-ring (bicyclic) bond motifs is 1. The van der Waals surface area contributed by atoms with Crippen LogP contribution in [0.5, 0.6) is 0 Å². The molecule has 1 aliphatic rings. The summed E-state index contributed by atoms with van der Waals surface area (Å²) in [6.45, 7) is 5.14. The molecule has 0 aromatic heterocycles. The van der Waals surface area contributed by atoms with Crippen molar-refractivity contribution in [1.29, 1.82) is 0 Å². The topological polar surface area (TPSA) is 47.9 Å². The Bertz CT molecular complexity index is 821. The lowest BCUT2D eigenvalue weighted by atomic mass is 10.1. The Morgan fingerprint density at radius 2 is 1.75 bits per heavy atom. The van der Waals surface area contributed by atoms with Gasteiger partial charge in [-0.05, 0) is 35.6 Å². The smallest absolute Gasteiger partial charge is 0.223 e. The van der Waals surface area contributed by atoms with Crippen molar-refractivity contribution < 1.29 is 4.79 Å². The number of aryl methyl sites for hydroxylation is 1. The summed E-state index contributed by atoms with van der Waals surface area (Å²) in [6.07, 6.45) is 1.35. The van der Waals surface area contributed by atoms with Gasteiger partial charge in [-0.25, -0.2) is 0 Å². The first-order chi connectivity index (χ1) is 13.6. The largest absolute Gasteiger partial charge is 0.356 e. The van der Waals surface area contributed by atoms with Crippen LogP contribution in [0, 0.1) is 6.92 Å². The number of hydrogen-bond donors (Lipinski definition) is 1. The van der Waals surface area contributed by atoms with Gasteiger partial charge in [-0.1, -0.05) is 48.5 Å². The van der Waals surface area contributed by atoms with Crippen molar-refractivity contribution in [3.63, 3.8) is 0 Å². The third-order valence-corrected chi connectivity index (χ3v) is 5.29. The van der Waals surface area contributed by atoms with Gasteiger partial charge in [0.2, 0.25) is 5.91 Å². The Morgan fingerprint density at radius 3 is 2.39 bits per heavy atom. The fraction of sp³-hybridized carbons (Fsp3) is 0.391. The molecule has 5 heteroatoms. The number of rotatable bonds is 6. The van der Waals surface area contributed by atoms with E-state index in [4.69, 9.17) is 0 Å². The molecule has 28 heavy (non-hydrogen) atoms. The quantitative estimate of drug-likeness (QED) is 0.477. The van der Waals surface area contributed by atoms with E-state index in [0.717, 1.165) is 38.6 Å². The number of carbonyl (C=O) groups excluding carboxylic acids is 1. The maximum absolute atomic E-state index is 12.5. The first kappa shape index (κ1) is 19.9. The van der Waals surface area contributed by atoms with E-state index in [9.17, 15) is 4.79 Å². The number of nitrogens with one attached hydrogen (secondary N) is 1. The maximum atomic E-state index is 12.5. The number of guanidine groups is 1. The molecule has 0 saturated heterocycles. The molecular weight excluding hydrogens is 348 g/mol. The van der Waals surface area contributed by atoms with Crippen LogP contribution in [-0.2, 0) is 24.4 Å². The lowest BCUT2D eigenvalue weighted by Crippen LogP contribution is -2.39. The number of amides is 1. The van der Waals surface area contributed by atoms with Crippen LogP contribution in [0.15, 0.2) is 53.5 Å². The average molecular weight is 379 g/mol. The van der Waals surface area contributed by atoms with E-state index in [1.165, 1.54) is 22.3 Å². The van der Waals surface area contributed by atoms with Gasteiger partial charge >= 0.3 is 0 Å². The van der Waals surface area contributed by atoms with Crippen LogP contribution in [0.3, 0.4) is 0 Å². The van der Waals surface area contributed by atoms with Crippen LogP contribution in [0.4, 0.5) is 0 Å². The van der Waals surface area contributed by atoms with Gasteiger partial charge in [-0.15, -0.1) is 0 Å². The first-order valence-corrected chi connectivity index (χ1v) is 9.89. The van der Waals surface area contributed by atoms with Crippen molar-refractivity contribution in [2.24, 2.45) is 4.99 Å². The summed E-state index contributed by atoms with van der Waals surface area (Å²) in [7, 11) is 3.83. The van der Waals surface area contributed by atoms with Crippen molar-refractivity contribution in [2.75, 3.05) is 20.6 Å². The molecule has 2 aromatic rings. The van der Waals surface area contributed by atoms with Gasteiger partial charge < -0.3 is 15.1 Å². The standard InChI is InChI=1S/C23H30N4O/c1-18-9-4-5-10-19(18)15-26(3)23(24-2)25-14-8-13-22(28)27-16-20-11-6-7-12-21(20)17-27/h4-7,9-12H,8,13-17H2,1-3H3,(H,24,25). The van der Waals surface area contributed by atoms with E-state index in [1.54, 1.807) is 7.05 Å². The minimum atomic E-state index is 0.223. The van der Waals surface area contributed by atoms with Gasteiger partial charge in [0.25, 0.3) is 0 Å². The van der Waals surface area contributed by atoms with Crippen molar-refractivity contribution in [3.8, 4) is 0 Å². The Kier molecular flexibility index (Phi) is 6.69. The Balaban J connectivity index is 1.41. The predicted octanol–water partition coefficient (Wildman–Crippen LogP) is 3.32. The summed E-state index contributed by atoms with van der Waals surface area (Å²) in [6, 6.07) is 16.7. The molecule has 148 valence electrons. The summed E-state index contributed by atoms with van der Waals surface area (Å²) < 4.78 is 0. The molecule has 1 amide bonds. The van der Waals surface area contributed by atoms with Crippen molar-refractivity contribution in [2.45, 2.75) is 39.4 Å². The van der Waals surface area contributed by atoms with Crippen molar-refractivity contribution >= 4 is 11.9 Å². The normalized spacial score (nSPS) is 13.4. The summed E-state index contributed by atoms with van der Waals surface area (Å²) in [4.78, 5) is 20.9. The molecule has 1 heterocycles. The van der Waals surface area contributed by atoms with Crippen LogP contribution in [0.2, 0.25) is 0 Å². The van der Waals surface area contributed by atoms with Gasteiger partial charge in [0, 0.05) is 46.7 Å². The Hall–Kier alpha value is -2.82. The molecule has 0 aliphatic carbocycles. The second-order valence-corrected chi connectivity index (χ2v) is 7.38. The molecule has 3 rings (SSSR count). The van der Waals surface area contributed by atoms with Gasteiger partial charge in [0.15, 0.2) is 5.96 Å². The molecule has 1 N–H and O–H groups in total. The molecule has 1 aliphatic heterocycles. The van der Waals surface area contributed by atoms with Crippen LogP contribution in [0.25, 0.3) is 0 Å². The van der Waals surface area contributed by atoms with Crippen molar-refractivity contribution in [1.82, 2.24) is 15.1 Å². The van der Waals surface area contributed by atoms with Crippen LogP contribution >= 0.6 is 0 Å². The third-order valence-electron chi connectivity index (χ3n) is 5.29. The van der Waals surface area contributed by atoms with E-state index < -0.39 is 0 Å². The molecule has 0 atom stereocenters. The molecule has 0 radical (unpaired) electrons. The summed E-state index contributed by atoms with van der Waals surface area (Å²) in [5, 5.41) is 3.38. The lowest BCUT2D eigenvalue weighted by molar-refractivity contribution is -0.131.